The third kappa shape index (κ3) is 2.80. The summed E-state index contributed by atoms with van der Waals surface area (Å²) in [7, 11) is 0. The maximum atomic E-state index is 11.6. The summed E-state index contributed by atoms with van der Waals surface area (Å²) in [5.74, 6) is 0.256. The Morgan fingerprint density at radius 1 is 1.33 bits per heavy atom. The molecule has 6 heteroatoms. The van der Waals surface area contributed by atoms with Gasteiger partial charge in [-0.2, -0.15) is 0 Å². The summed E-state index contributed by atoms with van der Waals surface area (Å²) in [5.41, 5.74) is 3.46. The van der Waals surface area contributed by atoms with Crippen LogP contribution in [0.3, 0.4) is 0 Å². The number of pyridine rings is 1. The van der Waals surface area contributed by atoms with Gasteiger partial charge in [0, 0.05) is 21.9 Å². The molecule has 1 atom stereocenters. The van der Waals surface area contributed by atoms with Crippen molar-refractivity contribution in [1.82, 2.24) is 9.97 Å². The molecule has 24 heavy (non-hydrogen) atoms. The first-order valence-electron chi connectivity index (χ1n) is 8.01. The SMILES string of the molecule is CCOC(=O)Oc1ncc2[nH]c3ccc(C(C)O)cc3c2c1CC. The molecule has 6 nitrogen and oxygen atoms in total. The minimum Gasteiger partial charge on any atom is -0.434 e. The zero-order valence-electron chi connectivity index (χ0n) is 13.9. The molecule has 0 spiro atoms. The highest BCUT2D eigenvalue weighted by molar-refractivity contribution is 6.09. The standard InChI is InChI=1S/C18H20N2O4/c1-4-12-16-13-8-11(10(3)21)6-7-14(13)20-15(16)9-19-17(12)24-18(22)23-5-2/h6-10,20-21H,4-5H2,1-3H3. The largest absolute Gasteiger partial charge is 0.515 e. The second-order valence-corrected chi connectivity index (χ2v) is 5.58. The second-order valence-electron chi connectivity index (χ2n) is 5.58. The van der Waals surface area contributed by atoms with Crippen LogP contribution >= 0.6 is 0 Å². The molecule has 0 saturated heterocycles. The Hall–Kier alpha value is -2.60. The molecule has 3 aromatic rings. The van der Waals surface area contributed by atoms with Gasteiger partial charge in [-0.1, -0.05) is 13.0 Å². The van der Waals surface area contributed by atoms with Crippen LogP contribution in [-0.4, -0.2) is 27.8 Å². The number of aryl methyl sites for hydroxylation is 1. The van der Waals surface area contributed by atoms with Gasteiger partial charge < -0.3 is 19.6 Å². The van der Waals surface area contributed by atoms with E-state index in [-0.39, 0.29) is 12.5 Å². The van der Waals surface area contributed by atoms with Crippen LogP contribution in [0, 0.1) is 0 Å². The summed E-state index contributed by atoms with van der Waals surface area (Å²) in [5, 5.41) is 11.8. The van der Waals surface area contributed by atoms with Crippen molar-refractivity contribution in [2.75, 3.05) is 6.61 Å². The van der Waals surface area contributed by atoms with Crippen molar-refractivity contribution in [1.29, 1.82) is 0 Å². The monoisotopic (exact) mass is 328 g/mol. The third-order valence-corrected chi connectivity index (χ3v) is 4.00. The maximum absolute atomic E-state index is 11.6. The van der Waals surface area contributed by atoms with E-state index in [9.17, 15) is 9.90 Å². The average Bonchev–Trinajstić information content (AvgIpc) is 2.92. The molecule has 2 aromatic heterocycles. The molecule has 126 valence electrons. The lowest BCUT2D eigenvalue weighted by atomic mass is 10.0. The molecular weight excluding hydrogens is 308 g/mol. The molecule has 1 aromatic carbocycles. The van der Waals surface area contributed by atoms with E-state index in [0.29, 0.717) is 6.42 Å². The van der Waals surface area contributed by atoms with Crippen molar-refractivity contribution in [2.45, 2.75) is 33.3 Å². The Bertz CT molecular complexity index is 899. The predicted molar refractivity (Wildman–Crippen MR) is 91.3 cm³/mol. The smallest absolute Gasteiger partial charge is 0.434 e. The zero-order valence-corrected chi connectivity index (χ0v) is 13.9. The number of rotatable bonds is 4. The first kappa shape index (κ1) is 16.3. The summed E-state index contributed by atoms with van der Waals surface area (Å²) in [6, 6.07) is 5.77. The molecule has 0 fully saturated rings. The minimum absolute atomic E-state index is 0.243. The van der Waals surface area contributed by atoms with Crippen molar-refractivity contribution < 1.29 is 19.4 Å². The topological polar surface area (TPSA) is 84.4 Å². The molecule has 0 saturated carbocycles. The normalized spacial score (nSPS) is 12.5. The van der Waals surface area contributed by atoms with Crippen molar-refractivity contribution in [3.63, 3.8) is 0 Å². The maximum Gasteiger partial charge on any atom is 0.515 e. The van der Waals surface area contributed by atoms with Gasteiger partial charge in [0.05, 0.1) is 24.4 Å². The molecule has 1 unspecified atom stereocenters. The number of ether oxygens (including phenoxy) is 2. The lowest BCUT2D eigenvalue weighted by Gasteiger charge is -2.09. The van der Waals surface area contributed by atoms with Crippen molar-refractivity contribution >= 4 is 28.0 Å². The Morgan fingerprint density at radius 3 is 2.79 bits per heavy atom. The number of aromatic nitrogens is 2. The van der Waals surface area contributed by atoms with E-state index < -0.39 is 12.3 Å². The number of hydrogen-bond acceptors (Lipinski definition) is 5. The Balaban J connectivity index is 2.20. The van der Waals surface area contributed by atoms with E-state index in [1.807, 2.05) is 25.1 Å². The Labute approximate surface area is 139 Å². The van der Waals surface area contributed by atoms with Gasteiger partial charge in [0.1, 0.15) is 0 Å². The predicted octanol–water partition coefficient (Wildman–Crippen LogP) is 3.87. The minimum atomic E-state index is -0.761. The number of carbonyl (C=O) groups excluding carboxylic acids is 1. The van der Waals surface area contributed by atoms with Gasteiger partial charge >= 0.3 is 6.16 Å². The molecule has 0 aliphatic rings. The van der Waals surface area contributed by atoms with Gasteiger partial charge in [-0.25, -0.2) is 9.78 Å². The van der Waals surface area contributed by atoms with E-state index in [4.69, 9.17) is 9.47 Å². The summed E-state index contributed by atoms with van der Waals surface area (Å²) in [6.45, 7) is 5.67. The third-order valence-electron chi connectivity index (χ3n) is 4.00. The van der Waals surface area contributed by atoms with Crippen molar-refractivity contribution in [3.8, 4) is 5.88 Å². The Kier molecular flexibility index (Phi) is 4.40. The molecule has 2 N–H and O–H groups in total. The number of aliphatic hydroxyl groups excluding tert-OH is 1. The van der Waals surface area contributed by atoms with Crippen molar-refractivity contribution in [3.05, 3.63) is 35.5 Å². The van der Waals surface area contributed by atoms with Crippen LogP contribution in [0.15, 0.2) is 24.4 Å². The van der Waals surface area contributed by atoms with Gasteiger partial charge in [-0.05, 0) is 38.0 Å². The molecule has 2 heterocycles. The summed E-state index contributed by atoms with van der Waals surface area (Å²) >= 11 is 0. The van der Waals surface area contributed by atoms with E-state index in [0.717, 1.165) is 32.9 Å². The summed E-state index contributed by atoms with van der Waals surface area (Å²) < 4.78 is 10.1. The van der Waals surface area contributed by atoms with Crippen LogP contribution in [0.4, 0.5) is 4.79 Å². The number of fused-ring (bicyclic) bond motifs is 3. The second kappa shape index (κ2) is 6.49. The van der Waals surface area contributed by atoms with Crippen molar-refractivity contribution in [2.24, 2.45) is 0 Å². The lowest BCUT2D eigenvalue weighted by molar-refractivity contribution is 0.102. The fourth-order valence-electron chi connectivity index (χ4n) is 2.86. The molecule has 0 amide bonds. The van der Waals surface area contributed by atoms with Crippen LogP contribution in [0.5, 0.6) is 5.88 Å². The van der Waals surface area contributed by atoms with Crippen LogP contribution in [0.1, 0.15) is 38.0 Å². The lowest BCUT2D eigenvalue weighted by Crippen LogP contribution is -2.12. The number of benzene rings is 1. The molecular formula is C18H20N2O4. The molecule has 0 radical (unpaired) electrons. The number of H-pyrrole nitrogens is 1. The van der Waals surface area contributed by atoms with Gasteiger partial charge in [-0.15, -0.1) is 0 Å². The fourth-order valence-corrected chi connectivity index (χ4v) is 2.86. The number of nitrogens with zero attached hydrogens (tertiary/aromatic N) is 1. The number of hydrogen-bond donors (Lipinski definition) is 2. The zero-order chi connectivity index (χ0) is 17.3. The number of aromatic amines is 1. The van der Waals surface area contributed by atoms with Crippen LogP contribution < -0.4 is 4.74 Å². The number of aliphatic hydroxyl groups is 1. The van der Waals surface area contributed by atoms with E-state index in [2.05, 4.69) is 9.97 Å². The highest BCUT2D eigenvalue weighted by Crippen LogP contribution is 2.34. The van der Waals surface area contributed by atoms with Gasteiger partial charge in [0.2, 0.25) is 5.88 Å². The quantitative estimate of drug-likeness (QED) is 0.710. The fraction of sp³-hybridized carbons (Fsp3) is 0.333. The van der Waals surface area contributed by atoms with Crippen LogP contribution in [-0.2, 0) is 11.2 Å². The highest BCUT2D eigenvalue weighted by atomic mass is 16.7. The van der Waals surface area contributed by atoms with Gasteiger partial charge in [0.15, 0.2) is 0 Å². The van der Waals surface area contributed by atoms with E-state index >= 15 is 0 Å². The van der Waals surface area contributed by atoms with Crippen LogP contribution in [0.2, 0.25) is 0 Å². The van der Waals surface area contributed by atoms with E-state index in [1.54, 1.807) is 20.0 Å². The molecule has 0 aliphatic heterocycles. The highest BCUT2D eigenvalue weighted by Gasteiger charge is 2.17. The molecule has 0 aliphatic carbocycles. The number of carbonyl (C=O) groups is 1. The molecule has 0 bridgehead atoms. The molecule has 3 rings (SSSR count). The average molecular weight is 328 g/mol. The van der Waals surface area contributed by atoms with Gasteiger partial charge in [0.25, 0.3) is 0 Å². The van der Waals surface area contributed by atoms with Gasteiger partial charge in [-0.3, -0.25) is 0 Å². The van der Waals surface area contributed by atoms with Crippen LogP contribution in [0.25, 0.3) is 21.8 Å². The first-order chi connectivity index (χ1) is 11.5. The van der Waals surface area contributed by atoms with E-state index in [1.165, 1.54) is 0 Å². The first-order valence-corrected chi connectivity index (χ1v) is 8.01. The summed E-state index contributed by atoms with van der Waals surface area (Å²) in [4.78, 5) is 19.2. The summed E-state index contributed by atoms with van der Waals surface area (Å²) in [6.07, 6.45) is 0.973. The Morgan fingerprint density at radius 2 is 2.12 bits per heavy atom. The number of nitrogens with one attached hydrogen (secondary N) is 1.